The fourth-order valence-electron chi connectivity index (χ4n) is 1.72. The fourth-order valence-corrected chi connectivity index (χ4v) is 2.47. The van der Waals surface area contributed by atoms with Crippen molar-refractivity contribution in [1.82, 2.24) is 4.98 Å². The molecule has 2 aromatic rings. The van der Waals surface area contributed by atoms with Crippen molar-refractivity contribution in [2.45, 2.75) is 19.2 Å². The zero-order valence-corrected chi connectivity index (χ0v) is 14.2. The quantitative estimate of drug-likeness (QED) is 0.471. The molecule has 0 aliphatic heterocycles. The molecule has 0 aliphatic rings. The van der Waals surface area contributed by atoms with Crippen LogP contribution in [0.15, 0.2) is 35.6 Å². The number of nitrogens with zero attached hydrogens (tertiary/aromatic N) is 2. The van der Waals surface area contributed by atoms with E-state index in [0.717, 1.165) is 12.3 Å². The molecule has 0 radical (unpaired) electrons. The first-order valence-corrected chi connectivity index (χ1v) is 7.70. The summed E-state index contributed by atoms with van der Waals surface area (Å²) in [5, 5.41) is 4.50. The third-order valence-corrected chi connectivity index (χ3v) is 3.98. The minimum absolute atomic E-state index is 0.0587. The van der Waals surface area contributed by atoms with Gasteiger partial charge in [0.05, 0.1) is 16.3 Å². The second-order valence-corrected chi connectivity index (χ2v) is 5.84. The summed E-state index contributed by atoms with van der Waals surface area (Å²) in [4.78, 5) is 8.76. The molecule has 3 nitrogen and oxygen atoms in total. The Bertz CT molecular complexity index is 731. The van der Waals surface area contributed by atoms with Crippen LogP contribution in [0.25, 0.3) is 0 Å². The molecule has 0 saturated carbocycles. The Labute approximate surface area is 151 Å². The molecule has 24 heavy (non-hydrogen) atoms. The average molecular weight is 398 g/mol. The molecule has 0 amide bonds. The molecule has 2 rings (SSSR count). The SMILES string of the molecule is FC(F)(F)c1cnc(CC=NOCc2c(Cl)cccc2Cl)c(Cl)c1. The van der Waals surface area contributed by atoms with Gasteiger partial charge in [-0.1, -0.05) is 46.0 Å². The minimum Gasteiger partial charge on any atom is -0.391 e. The van der Waals surface area contributed by atoms with Crippen LogP contribution in [0.2, 0.25) is 15.1 Å². The molecule has 0 aliphatic carbocycles. The summed E-state index contributed by atoms with van der Waals surface area (Å²) >= 11 is 17.7. The fraction of sp³-hybridized carbons (Fsp3) is 0.200. The van der Waals surface area contributed by atoms with Crippen LogP contribution < -0.4 is 0 Å². The van der Waals surface area contributed by atoms with Gasteiger partial charge in [-0.25, -0.2) is 0 Å². The number of benzene rings is 1. The van der Waals surface area contributed by atoms with Crippen molar-refractivity contribution < 1.29 is 18.0 Å². The topological polar surface area (TPSA) is 34.5 Å². The Kier molecular flexibility index (Phi) is 6.32. The summed E-state index contributed by atoms with van der Waals surface area (Å²) in [6.07, 6.45) is -2.31. The van der Waals surface area contributed by atoms with Crippen molar-refractivity contribution in [1.29, 1.82) is 0 Å². The Morgan fingerprint density at radius 2 is 1.79 bits per heavy atom. The van der Waals surface area contributed by atoms with Gasteiger partial charge in [0.1, 0.15) is 6.61 Å². The summed E-state index contributed by atoms with van der Waals surface area (Å²) in [5.74, 6) is 0. The standard InChI is InChI=1S/C15H10Cl3F3N2O/c16-11-2-1-3-12(17)10(11)8-24-23-5-4-14-13(18)6-9(7-22-14)15(19,20)21/h1-3,5-7H,4,8H2. The molecule has 0 spiro atoms. The molecule has 0 unspecified atom stereocenters. The number of aromatic nitrogens is 1. The molecular formula is C15H10Cl3F3N2O. The maximum absolute atomic E-state index is 12.5. The van der Waals surface area contributed by atoms with Gasteiger partial charge in [-0.05, 0) is 18.2 Å². The van der Waals surface area contributed by atoms with Crippen molar-refractivity contribution in [3.05, 3.63) is 62.4 Å². The molecular weight excluding hydrogens is 388 g/mol. The number of oxime groups is 1. The number of halogens is 6. The van der Waals surface area contributed by atoms with Crippen LogP contribution in [0.4, 0.5) is 13.2 Å². The molecule has 128 valence electrons. The predicted octanol–water partition coefficient (Wildman–Crippen LogP) is 5.81. The van der Waals surface area contributed by atoms with E-state index in [2.05, 4.69) is 10.1 Å². The van der Waals surface area contributed by atoms with Gasteiger partial charge >= 0.3 is 6.18 Å². The van der Waals surface area contributed by atoms with E-state index in [9.17, 15) is 13.2 Å². The molecule has 0 saturated heterocycles. The lowest BCUT2D eigenvalue weighted by Crippen LogP contribution is -2.06. The lowest BCUT2D eigenvalue weighted by molar-refractivity contribution is -0.137. The van der Waals surface area contributed by atoms with Gasteiger partial charge in [-0.15, -0.1) is 0 Å². The zero-order valence-electron chi connectivity index (χ0n) is 11.9. The van der Waals surface area contributed by atoms with Crippen LogP contribution in [-0.4, -0.2) is 11.2 Å². The summed E-state index contributed by atoms with van der Waals surface area (Å²) in [6, 6.07) is 5.86. The van der Waals surface area contributed by atoms with Crippen LogP contribution >= 0.6 is 34.8 Å². The summed E-state index contributed by atoms with van der Waals surface area (Å²) in [5.41, 5.74) is -0.0609. The molecule has 1 heterocycles. The van der Waals surface area contributed by atoms with Gasteiger partial charge < -0.3 is 4.84 Å². The highest BCUT2D eigenvalue weighted by molar-refractivity contribution is 6.35. The predicted molar refractivity (Wildman–Crippen MR) is 87.7 cm³/mol. The van der Waals surface area contributed by atoms with Gasteiger partial charge in [-0.2, -0.15) is 13.2 Å². The van der Waals surface area contributed by atoms with Crippen molar-refractivity contribution in [2.24, 2.45) is 5.16 Å². The third kappa shape index (κ3) is 5.00. The zero-order chi connectivity index (χ0) is 17.7. The highest BCUT2D eigenvalue weighted by Gasteiger charge is 2.31. The second-order valence-electron chi connectivity index (χ2n) is 4.62. The van der Waals surface area contributed by atoms with Gasteiger partial charge in [0.15, 0.2) is 0 Å². The van der Waals surface area contributed by atoms with Gasteiger partial charge in [0.2, 0.25) is 0 Å². The normalized spacial score (nSPS) is 11.9. The first kappa shape index (κ1) is 18.8. The van der Waals surface area contributed by atoms with Crippen molar-refractivity contribution >= 4 is 41.0 Å². The monoisotopic (exact) mass is 396 g/mol. The van der Waals surface area contributed by atoms with Crippen LogP contribution in [0.3, 0.4) is 0 Å². The first-order chi connectivity index (χ1) is 11.3. The number of alkyl halides is 3. The van der Waals surface area contributed by atoms with E-state index in [4.69, 9.17) is 39.6 Å². The van der Waals surface area contributed by atoms with Crippen LogP contribution in [-0.2, 0) is 24.0 Å². The van der Waals surface area contributed by atoms with Gasteiger partial charge in [-0.3, -0.25) is 4.98 Å². The van der Waals surface area contributed by atoms with Gasteiger partial charge in [0.25, 0.3) is 0 Å². The average Bonchev–Trinajstić information content (AvgIpc) is 2.50. The second kappa shape index (κ2) is 8.05. The molecule has 1 aromatic heterocycles. The lowest BCUT2D eigenvalue weighted by atomic mass is 10.2. The highest BCUT2D eigenvalue weighted by atomic mass is 35.5. The molecule has 0 N–H and O–H groups in total. The number of hydrogen-bond donors (Lipinski definition) is 0. The Balaban J connectivity index is 1.93. The summed E-state index contributed by atoms with van der Waals surface area (Å²) in [6.45, 7) is 0.0587. The van der Waals surface area contributed by atoms with Crippen molar-refractivity contribution in [3.63, 3.8) is 0 Å². The lowest BCUT2D eigenvalue weighted by Gasteiger charge is -2.08. The number of rotatable bonds is 5. The van der Waals surface area contributed by atoms with E-state index in [0.29, 0.717) is 15.6 Å². The van der Waals surface area contributed by atoms with Crippen molar-refractivity contribution in [2.75, 3.05) is 0 Å². The van der Waals surface area contributed by atoms with E-state index in [1.54, 1.807) is 18.2 Å². The van der Waals surface area contributed by atoms with Gasteiger partial charge in [0, 0.05) is 34.4 Å². The van der Waals surface area contributed by atoms with Crippen LogP contribution in [0.5, 0.6) is 0 Å². The van der Waals surface area contributed by atoms with E-state index in [-0.39, 0.29) is 23.7 Å². The summed E-state index contributed by atoms with van der Waals surface area (Å²) < 4.78 is 37.5. The first-order valence-electron chi connectivity index (χ1n) is 6.57. The smallest absolute Gasteiger partial charge is 0.391 e. The minimum atomic E-state index is -4.49. The molecule has 9 heteroatoms. The molecule has 0 atom stereocenters. The maximum Gasteiger partial charge on any atom is 0.417 e. The van der Waals surface area contributed by atoms with E-state index >= 15 is 0 Å². The van der Waals surface area contributed by atoms with Crippen LogP contribution in [0, 0.1) is 0 Å². The van der Waals surface area contributed by atoms with E-state index in [1.165, 1.54) is 6.21 Å². The highest BCUT2D eigenvalue weighted by Crippen LogP contribution is 2.31. The number of hydrogen-bond acceptors (Lipinski definition) is 3. The Morgan fingerprint density at radius 1 is 1.12 bits per heavy atom. The largest absolute Gasteiger partial charge is 0.417 e. The summed E-state index contributed by atoms with van der Waals surface area (Å²) in [7, 11) is 0. The Hall–Kier alpha value is -1.50. The number of pyridine rings is 1. The molecule has 1 aromatic carbocycles. The van der Waals surface area contributed by atoms with Crippen LogP contribution in [0.1, 0.15) is 16.8 Å². The molecule has 0 bridgehead atoms. The molecule has 0 fully saturated rings. The third-order valence-electron chi connectivity index (χ3n) is 2.95. The Morgan fingerprint density at radius 3 is 2.38 bits per heavy atom. The van der Waals surface area contributed by atoms with E-state index < -0.39 is 11.7 Å². The van der Waals surface area contributed by atoms with Crippen molar-refractivity contribution in [3.8, 4) is 0 Å². The van der Waals surface area contributed by atoms with E-state index in [1.807, 2.05) is 0 Å². The maximum atomic E-state index is 12.5.